The lowest BCUT2D eigenvalue weighted by Crippen LogP contribution is -2.36. The molecule has 0 saturated carbocycles. The van der Waals surface area contributed by atoms with Gasteiger partial charge in [0.15, 0.2) is 0 Å². The standard InChI is InChI=1S/C21H34O3S3/c1-19(2,3)15-11-14(12-16(17(15)22)20(4,5)6)13-21(7-9-25,8-10-26)18(23)24-27/h11-12,22-23,25-26H,7-10,13H2,1-6H3. The summed E-state index contributed by atoms with van der Waals surface area (Å²) >= 11 is 13.4. The van der Waals surface area contributed by atoms with Crippen molar-refractivity contribution in [1.29, 1.82) is 0 Å². The Labute approximate surface area is 181 Å². The quantitative estimate of drug-likeness (QED) is 0.272. The average Bonchev–Trinajstić information content (AvgIpc) is 2.53. The predicted octanol–water partition coefficient (Wildman–Crippen LogP) is 5.24. The normalized spacial score (nSPS) is 13.9. The monoisotopic (exact) mass is 430 g/mol. The van der Waals surface area contributed by atoms with Crippen LogP contribution in [0.1, 0.15) is 71.1 Å². The average molecular weight is 431 g/mol. The summed E-state index contributed by atoms with van der Waals surface area (Å²) in [6, 6.07) is 4.07. The number of hydrogen-bond acceptors (Lipinski definition) is 4. The fourth-order valence-corrected chi connectivity index (χ4v) is 4.47. The highest BCUT2D eigenvalue weighted by Gasteiger charge is 2.43. The molecule has 0 amide bonds. The van der Waals surface area contributed by atoms with Gasteiger partial charge in [0.05, 0.1) is 0 Å². The maximum Gasteiger partial charge on any atom is 0.473 e. The Balaban J connectivity index is 3.64. The Hall–Kier alpha value is -0.590. The highest BCUT2D eigenvalue weighted by Crippen LogP contribution is 2.42. The van der Waals surface area contributed by atoms with E-state index < -0.39 is 5.41 Å². The molecule has 0 aromatic heterocycles. The van der Waals surface area contributed by atoms with Crippen LogP contribution in [0.5, 0.6) is 5.75 Å². The van der Waals surface area contributed by atoms with Crippen LogP contribution in [0, 0.1) is 5.41 Å². The van der Waals surface area contributed by atoms with Crippen LogP contribution in [0.15, 0.2) is 12.1 Å². The van der Waals surface area contributed by atoms with E-state index in [0.717, 1.165) is 16.7 Å². The fraction of sp³-hybridized carbons (Fsp3) is 0.667. The molecule has 0 unspecified atom stereocenters. The number of aromatic hydroxyl groups is 1. The first-order valence-corrected chi connectivity index (χ1v) is 10.9. The number of phenols is 1. The predicted molar refractivity (Wildman–Crippen MR) is 124 cm³/mol. The van der Waals surface area contributed by atoms with Crippen LogP contribution in [0.2, 0.25) is 0 Å². The van der Waals surface area contributed by atoms with Crippen molar-refractivity contribution in [1.82, 2.24) is 0 Å². The van der Waals surface area contributed by atoms with Crippen molar-refractivity contribution in [3.05, 3.63) is 28.8 Å². The van der Waals surface area contributed by atoms with Crippen molar-refractivity contribution in [3.63, 3.8) is 0 Å². The Morgan fingerprint density at radius 2 is 1.37 bits per heavy atom. The minimum absolute atomic E-state index is 0.150. The molecule has 0 aliphatic carbocycles. The van der Waals surface area contributed by atoms with Gasteiger partial charge in [-0.25, -0.2) is 0 Å². The molecule has 2 N–H and O–H groups in total. The van der Waals surface area contributed by atoms with E-state index in [1.165, 1.54) is 0 Å². The summed E-state index contributed by atoms with van der Waals surface area (Å²) in [5, 5.41) is 21.4. The van der Waals surface area contributed by atoms with Crippen LogP contribution in [0.3, 0.4) is 0 Å². The molecule has 0 saturated heterocycles. The lowest BCUT2D eigenvalue weighted by Gasteiger charge is -2.31. The zero-order chi connectivity index (χ0) is 21.0. The van der Waals surface area contributed by atoms with Crippen molar-refractivity contribution >= 4 is 44.1 Å². The molecule has 0 aliphatic heterocycles. The number of carboxylic acids is 1. The lowest BCUT2D eigenvalue weighted by atomic mass is 9.73. The molecule has 1 aromatic rings. The Bertz CT molecular complexity index is 629. The van der Waals surface area contributed by atoms with E-state index in [0.29, 0.717) is 36.5 Å². The molecule has 0 aliphatic rings. The fourth-order valence-electron chi connectivity index (χ4n) is 3.44. The third-order valence-corrected chi connectivity index (χ3v) is 5.65. The summed E-state index contributed by atoms with van der Waals surface area (Å²) < 4.78 is 4.85. The van der Waals surface area contributed by atoms with Gasteiger partial charge in [-0.1, -0.05) is 53.7 Å². The molecule has 0 atom stereocenters. The van der Waals surface area contributed by atoms with E-state index in [4.69, 9.17) is 3.87 Å². The molecule has 3 nitrogen and oxygen atoms in total. The van der Waals surface area contributed by atoms with E-state index in [-0.39, 0.29) is 16.8 Å². The summed E-state index contributed by atoms with van der Waals surface area (Å²) in [5.74, 6) is 1.38. The van der Waals surface area contributed by atoms with Crippen LogP contribution in [0.25, 0.3) is 0 Å². The number of aliphatic hydroxyl groups excluding tert-OH is 1. The molecule has 0 fully saturated rings. The first-order valence-electron chi connectivity index (χ1n) is 9.27. The summed E-state index contributed by atoms with van der Waals surface area (Å²) in [7, 11) is 0. The van der Waals surface area contributed by atoms with E-state index in [9.17, 15) is 10.2 Å². The van der Waals surface area contributed by atoms with Gasteiger partial charge in [0.2, 0.25) is 0 Å². The second-order valence-electron chi connectivity index (χ2n) is 9.33. The lowest BCUT2D eigenvalue weighted by molar-refractivity contribution is -0.267. The van der Waals surface area contributed by atoms with Crippen molar-refractivity contribution in [2.45, 2.75) is 71.6 Å². The Morgan fingerprint density at radius 3 is 1.67 bits per heavy atom. The van der Waals surface area contributed by atoms with Crippen molar-refractivity contribution in [2.24, 2.45) is 5.41 Å². The van der Waals surface area contributed by atoms with E-state index >= 15 is 0 Å². The number of carboxylic acid groups (broad SMARTS) is 1. The number of benzene rings is 1. The Morgan fingerprint density at radius 1 is 0.963 bits per heavy atom. The van der Waals surface area contributed by atoms with Crippen LogP contribution in [-0.4, -0.2) is 27.7 Å². The molecule has 1 aromatic carbocycles. The van der Waals surface area contributed by atoms with Gasteiger partial charge in [-0.2, -0.15) is 25.3 Å². The summed E-state index contributed by atoms with van der Waals surface area (Å²) in [6.07, 6.45) is 1.79. The van der Waals surface area contributed by atoms with Gasteiger partial charge in [-0.3, -0.25) is 0 Å². The molecule has 154 valence electrons. The zero-order valence-electron chi connectivity index (χ0n) is 17.3. The SMILES string of the molecule is CC(C)(C)c1cc(CC(CCS)(CCS)C(O)=[O+][S-])cc(C(C)(C)C)c1O. The van der Waals surface area contributed by atoms with Gasteiger partial charge < -0.3 is 27.0 Å². The largest absolute Gasteiger partial charge is 0.507 e. The molecule has 0 radical (unpaired) electrons. The molecule has 0 bridgehead atoms. The minimum atomic E-state index is -0.646. The van der Waals surface area contributed by atoms with Crippen molar-refractivity contribution < 1.29 is 14.1 Å². The first-order chi connectivity index (χ1) is 12.3. The summed E-state index contributed by atoms with van der Waals surface area (Å²) in [4.78, 5) is 0. The maximum atomic E-state index is 10.9. The van der Waals surface area contributed by atoms with Gasteiger partial charge in [-0.05, 0) is 58.3 Å². The zero-order valence-corrected chi connectivity index (χ0v) is 19.9. The second-order valence-corrected chi connectivity index (χ2v) is 10.4. The van der Waals surface area contributed by atoms with Gasteiger partial charge >= 0.3 is 5.97 Å². The highest BCUT2D eigenvalue weighted by atomic mass is 32.1. The number of phenolic OH excluding ortho intramolecular Hbond substituents is 1. The smallest absolute Gasteiger partial charge is 0.473 e. The number of rotatable bonds is 7. The van der Waals surface area contributed by atoms with Gasteiger partial charge in [0.25, 0.3) is 0 Å². The number of hydrogen-bond donors (Lipinski definition) is 4. The number of thiol groups is 2. The third kappa shape index (κ3) is 5.94. The molecule has 27 heavy (non-hydrogen) atoms. The molecule has 6 heteroatoms. The van der Waals surface area contributed by atoms with Crippen molar-refractivity contribution in [2.75, 3.05) is 11.5 Å². The molecular formula is C21H34O3S3. The van der Waals surface area contributed by atoms with Gasteiger partial charge in [-0.15, -0.1) is 0 Å². The van der Waals surface area contributed by atoms with E-state index in [1.54, 1.807) is 0 Å². The summed E-state index contributed by atoms with van der Waals surface area (Å²) in [5.41, 5.74) is 1.76. The molecule has 0 heterocycles. The van der Waals surface area contributed by atoms with Crippen LogP contribution >= 0.6 is 25.3 Å². The minimum Gasteiger partial charge on any atom is -0.507 e. The topological polar surface area (TPSA) is 51.8 Å². The molecular weight excluding hydrogens is 396 g/mol. The Kier molecular flexibility index (Phi) is 8.40. The van der Waals surface area contributed by atoms with Crippen LogP contribution < -0.4 is 0 Å². The first kappa shape index (κ1) is 24.4. The molecule has 0 spiro atoms. The highest BCUT2D eigenvalue weighted by molar-refractivity contribution is 7.80. The summed E-state index contributed by atoms with van der Waals surface area (Å²) in [6.45, 7) is 12.5. The van der Waals surface area contributed by atoms with Crippen LogP contribution in [-0.2, 0) is 34.0 Å². The van der Waals surface area contributed by atoms with E-state index in [2.05, 4.69) is 79.7 Å². The van der Waals surface area contributed by atoms with Gasteiger partial charge in [0, 0.05) is 0 Å². The molecule has 1 rings (SSSR count). The third-order valence-electron chi connectivity index (χ3n) is 5.04. The van der Waals surface area contributed by atoms with Crippen molar-refractivity contribution in [3.8, 4) is 5.75 Å². The van der Waals surface area contributed by atoms with E-state index in [1.807, 2.05) is 12.1 Å². The van der Waals surface area contributed by atoms with Crippen LogP contribution in [0.4, 0.5) is 0 Å². The van der Waals surface area contributed by atoms with Gasteiger partial charge in [0.1, 0.15) is 11.2 Å². The maximum absolute atomic E-state index is 10.9. The number of aliphatic carboxylic acids is 1. The second kappa shape index (κ2) is 9.27.